The number of H-pyrrole nitrogens is 1. The highest BCUT2D eigenvalue weighted by atomic mass is 16.5. The standard InChI is InChI=1S/C18H30N6O3.2CH2O2/c19-13-2-1-12(10-24(11-13)14-4-7-27-8-5-14)18(26)21-6-3-16-22-15(20)9-17(25)23-16;2*2-1-3/h9,12-14H,1-8,10-11,19H2,(H,21,26)(H3,20,22,23,25);2*1H,(H,2,3)/t12-,13+;;/m1../s1. The molecular formula is C20H34N6O7. The second kappa shape index (κ2) is 15.7. The van der Waals surface area contributed by atoms with Crippen LogP contribution >= 0.6 is 0 Å². The van der Waals surface area contributed by atoms with Crippen LogP contribution in [0.4, 0.5) is 5.82 Å². The van der Waals surface area contributed by atoms with E-state index in [2.05, 4.69) is 20.2 Å². The van der Waals surface area contributed by atoms with E-state index in [0.29, 0.717) is 24.8 Å². The van der Waals surface area contributed by atoms with Crippen LogP contribution in [0.15, 0.2) is 10.9 Å². The summed E-state index contributed by atoms with van der Waals surface area (Å²) in [6.07, 6.45) is 4.06. The maximum absolute atomic E-state index is 12.7. The molecule has 1 aromatic rings. The number of rotatable bonds is 5. The monoisotopic (exact) mass is 470 g/mol. The maximum atomic E-state index is 12.7. The van der Waals surface area contributed by atoms with Gasteiger partial charge < -0.3 is 36.7 Å². The SMILES string of the molecule is Nc1cc(=O)[nH]c(CCNC(=O)[C@@H]2CC[C@H](N)CN(C3CCOCC3)C2)n1.O=CO.O=CO. The molecule has 33 heavy (non-hydrogen) atoms. The Hall–Kier alpha value is -3.03. The van der Waals surface area contributed by atoms with Crippen LogP contribution in [0.2, 0.25) is 0 Å². The molecule has 8 N–H and O–H groups in total. The first-order valence-electron chi connectivity index (χ1n) is 10.7. The van der Waals surface area contributed by atoms with Crippen LogP contribution in [0.1, 0.15) is 31.5 Å². The Morgan fingerprint density at radius 3 is 2.45 bits per heavy atom. The summed E-state index contributed by atoms with van der Waals surface area (Å²) in [5.74, 6) is 0.624. The molecule has 0 unspecified atom stereocenters. The number of aromatic amines is 1. The van der Waals surface area contributed by atoms with Crippen molar-refractivity contribution in [1.29, 1.82) is 0 Å². The Morgan fingerprint density at radius 1 is 1.21 bits per heavy atom. The van der Waals surface area contributed by atoms with Gasteiger partial charge in [-0.15, -0.1) is 0 Å². The molecule has 2 saturated heterocycles. The van der Waals surface area contributed by atoms with Crippen molar-refractivity contribution in [1.82, 2.24) is 20.2 Å². The van der Waals surface area contributed by atoms with Gasteiger partial charge in [0.15, 0.2) is 0 Å². The number of carbonyl (C=O) groups is 3. The van der Waals surface area contributed by atoms with Crippen molar-refractivity contribution in [3.05, 3.63) is 22.2 Å². The van der Waals surface area contributed by atoms with Crippen molar-refractivity contribution in [2.75, 3.05) is 38.6 Å². The van der Waals surface area contributed by atoms with Crippen molar-refractivity contribution >= 4 is 24.7 Å². The van der Waals surface area contributed by atoms with E-state index in [4.69, 9.17) is 36.0 Å². The van der Waals surface area contributed by atoms with Crippen LogP contribution in [0.3, 0.4) is 0 Å². The molecule has 1 amide bonds. The number of hydrogen-bond donors (Lipinski definition) is 6. The number of nitrogen functional groups attached to an aromatic ring is 1. The topological polar surface area (TPSA) is 214 Å². The second-order valence-electron chi connectivity index (χ2n) is 7.70. The summed E-state index contributed by atoms with van der Waals surface area (Å²) < 4.78 is 5.46. The van der Waals surface area contributed by atoms with Crippen molar-refractivity contribution in [3.63, 3.8) is 0 Å². The van der Waals surface area contributed by atoms with Crippen molar-refractivity contribution in [3.8, 4) is 0 Å². The van der Waals surface area contributed by atoms with Gasteiger partial charge in [0.05, 0.1) is 5.92 Å². The van der Waals surface area contributed by atoms with Crippen LogP contribution in [0.5, 0.6) is 0 Å². The summed E-state index contributed by atoms with van der Waals surface area (Å²) in [6.45, 7) is 3.03. The van der Waals surface area contributed by atoms with Gasteiger partial charge in [0.2, 0.25) is 5.91 Å². The van der Waals surface area contributed by atoms with Crippen LogP contribution in [0, 0.1) is 5.92 Å². The van der Waals surface area contributed by atoms with Gasteiger partial charge in [0, 0.05) is 57.4 Å². The first kappa shape index (κ1) is 28.0. The molecule has 0 radical (unpaired) electrons. The molecule has 0 aromatic carbocycles. The van der Waals surface area contributed by atoms with Gasteiger partial charge in [0.25, 0.3) is 18.5 Å². The fourth-order valence-electron chi connectivity index (χ4n) is 3.91. The number of ether oxygens (including phenoxy) is 1. The molecule has 0 aliphatic carbocycles. The van der Waals surface area contributed by atoms with Gasteiger partial charge in [0.1, 0.15) is 11.6 Å². The average Bonchev–Trinajstić information content (AvgIpc) is 2.97. The third-order valence-electron chi connectivity index (χ3n) is 5.36. The van der Waals surface area contributed by atoms with E-state index >= 15 is 0 Å². The number of likely N-dealkylation sites (tertiary alicyclic amines) is 1. The van der Waals surface area contributed by atoms with Gasteiger partial charge in [-0.2, -0.15) is 0 Å². The maximum Gasteiger partial charge on any atom is 0.290 e. The normalized spacial score (nSPS) is 21.2. The Balaban J connectivity index is 0.000000819. The molecule has 2 aliphatic heterocycles. The van der Waals surface area contributed by atoms with Crippen LogP contribution in [-0.2, 0) is 25.5 Å². The minimum atomic E-state index is -0.284. The molecule has 186 valence electrons. The highest BCUT2D eigenvalue weighted by molar-refractivity contribution is 5.78. The van der Waals surface area contributed by atoms with E-state index in [1.54, 1.807) is 0 Å². The lowest BCUT2D eigenvalue weighted by Gasteiger charge is -2.35. The summed E-state index contributed by atoms with van der Waals surface area (Å²) >= 11 is 0. The molecule has 1 aromatic heterocycles. The molecule has 0 saturated carbocycles. The second-order valence-corrected chi connectivity index (χ2v) is 7.70. The Kier molecular flexibility index (Phi) is 13.3. The summed E-state index contributed by atoms with van der Waals surface area (Å²) in [5.41, 5.74) is 11.5. The fourth-order valence-corrected chi connectivity index (χ4v) is 3.91. The zero-order valence-corrected chi connectivity index (χ0v) is 18.5. The highest BCUT2D eigenvalue weighted by Gasteiger charge is 2.31. The van der Waals surface area contributed by atoms with E-state index in [-0.39, 0.29) is 42.2 Å². The molecule has 3 heterocycles. The molecule has 2 fully saturated rings. The molecular weight excluding hydrogens is 436 g/mol. The molecule has 2 atom stereocenters. The van der Waals surface area contributed by atoms with Gasteiger partial charge in [-0.3, -0.25) is 24.1 Å². The minimum absolute atomic E-state index is 0.0346. The summed E-state index contributed by atoms with van der Waals surface area (Å²) in [5, 5.41) is 16.7. The first-order valence-corrected chi connectivity index (χ1v) is 10.7. The summed E-state index contributed by atoms with van der Waals surface area (Å²) in [6, 6.07) is 1.79. The fraction of sp³-hybridized carbons (Fsp3) is 0.650. The molecule has 0 bridgehead atoms. The molecule has 13 nitrogen and oxygen atoms in total. The number of carboxylic acid groups (broad SMARTS) is 2. The predicted molar refractivity (Wildman–Crippen MR) is 119 cm³/mol. The van der Waals surface area contributed by atoms with Gasteiger partial charge in [-0.25, -0.2) is 4.98 Å². The minimum Gasteiger partial charge on any atom is -0.483 e. The number of anilines is 1. The number of nitrogens with one attached hydrogen (secondary N) is 2. The smallest absolute Gasteiger partial charge is 0.290 e. The number of carbonyl (C=O) groups excluding carboxylic acids is 1. The number of hydrogen-bond acceptors (Lipinski definition) is 9. The molecule has 13 heteroatoms. The number of amides is 1. The quantitative estimate of drug-likeness (QED) is 0.276. The highest BCUT2D eigenvalue weighted by Crippen LogP contribution is 2.22. The van der Waals surface area contributed by atoms with Gasteiger partial charge >= 0.3 is 0 Å². The molecule has 3 rings (SSSR count). The number of nitrogens with two attached hydrogens (primary N) is 2. The van der Waals surface area contributed by atoms with Crippen molar-refractivity contribution in [2.45, 2.75) is 44.2 Å². The van der Waals surface area contributed by atoms with Crippen molar-refractivity contribution in [2.24, 2.45) is 11.7 Å². The molecule has 2 aliphatic rings. The Bertz CT molecular complexity index is 778. The summed E-state index contributed by atoms with van der Waals surface area (Å²) in [4.78, 5) is 49.9. The van der Waals surface area contributed by atoms with E-state index in [1.165, 1.54) is 6.07 Å². The average molecular weight is 471 g/mol. The van der Waals surface area contributed by atoms with Crippen molar-refractivity contribution < 1.29 is 29.3 Å². The Morgan fingerprint density at radius 2 is 1.85 bits per heavy atom. The number of aromatic nitrogens is 2. The van der Waals surface area contributed by atoms with E-state index in [0.717, 1.165) is 52.0 Å². The third-order valence-corrected chi connectivity index (χ3v) is 5.36. The first-order chi connectivity index (χ1) is 15.8. The lowest BCUT2D eigenvalue weighted by Crippen LogP contribution is -2.47. The lowest BCUT2D eigenvalue weighted by molar-refractivity contribution is -0.126. The van der Waals surface area contributed by atoms with Crippen LogP contribution in [-0.4, -0.2) is 88.9 Å². The van der Waals surface area contributed by atoms with Gasteiger partial charge in [-0.1, -0.05) is 0 Å². The zero-order valence-electron chi connectivity index (χ0n) is 18.5. The van der Waals surface area contributed by atoms with E-state index in [9.17, 15) is 9.59 Å². The number of nitrogens with zero attached hydrogens (tertiary/aromatic N) is 2. The molecule has 0 spiro atoms. The van der Waals surface area contributed by atoms with Crippen LogP contribution in [0.25, 0.3) is 0 Å². The predicted octanol–water partition coefficient (Wildman–Crippen LogP) is -1.37. The Labute approximate surface area is 191 Å². The third kappa shape index (κ3) is 10.9. The van der Waals surface area contributed by atoms with E-state index in [1.807, 2.05) is 0 Å². The van der Waals surface area contributed by atoms with Crippen LogP contribution < -0.4 is 22.3 Å². The largest absolute Gasteiger partial charge is 0.483 e. The summed E-state index contributed by atoms with van der Waals surface area (Å²) in [7, 11) is 0. The van der Waals surface area contributed by atoms with Gasteiger partial charge in [-0.05, 0) is 25.7 Å². The zero-order chi connectivity index (χ0) is 24.6. The van der Waals surface area contributed by atoms with E-state index < -0.39 is 0 Å². The lowest BCUT2D eigenvalue weighted by atomic mass is 10.0.